The first-order valence-electron chi connectivity index (χ1n) is 23.8. The highest BCUT2D eigenvalue weighted by Gasteiger charge is 2.23. The number of aliphatic hydroxyl groups excluding tert-OH is 1. The molecule has 3 atom stereocenters. The molecule has 0 heterocycles. The molecule has 9 heteroatoms. The second-order valence-corrected chi connectivity index (χ2v) is 18.9. The van der Waals surface area contributed by atoms with Crippen LogP contribution in [0.1, 0.15) is 213 Å². The van der Waals surface area contributed by atoms with E-state index in [9.17, 15) is 19.4 Å². The van der Waals surface area contributed by atoms with Crippen LogP contribution in [0.3, 0.4) is 0 Å². The Morgan fingerprint density at radius 1 is 0.632 bits per heavy atom. The second kappa shape index (κ2) is 40.1. The van der Waals surface area contributed by atoms with Gasteiger partial charge < -0.3 is 28.8 Å². The van der Waals surface area contributed by atoms with E-state index in [4.69, 9.17) is 9.05 Å². The molecule has 0 saturated carbocycles. The smallest absolute Gasteiger partial charge is 0.268 e. The molecule has 3 unspecified atom stereocenters. The summed E-state index contributed by atoms with van der Waals surface area (Å²) in [5, 5.41) is 13.7. The Morgan fingerprint density at radius 3 is 1.42 bits per heavy atom. The summed E-state index contributed by atoms with van der Waals surface area (Å²) in [5.41, 5.74) is 0. The number of phosphoric acid groups is 1. The van der Waals surface area contributed by atoms with E-state index >= 15 is 0 Å². The quantitative estimate of drug-likeness (QED) is 0.0274. The number of nitrogens with zero attached hydrogens (tertiary/aromatic N) is 1. The van der Waals surface area contributed by atoms with E-state index in [0.717, 1.165) is 44.9 Å². The van der Waals surface area contributed by atoms with Crippen molar-refractivity contribution >= 4 is 13.7 Å². The summed E-state index contributed by atoms with van der Waals surface area (Å²) in [6.07, 6.45) is 49.6. The molecule has 0 radical (unpaired) electrons. The van der Waals surface area contributed by atoms with Crippen LogP contribution in [0.2, 0.25) is 0 Å². The number of unbranched alkanes of at least 4 members (excludes halogenated alkanes) is 27. The molecule has 0 aromatic rings. The minimum Gasteiger partial charge on any atom is -0.756 e. The fourth-order valence-electron chi connectivity index (χ4n) is 6.90. The van der Waals surface area contributed by atoms with Gasteiger partial charge in [-0.1, -0.05) is 204 Å². The van der Waals surface area contributed by atoms with Crippen LogP contribution in [-0.4, -0.2) is 68.5 Å². The Hall–Kier alpha value is -1.28. The average Bonchev–Trinajstić information content (AvgIpc) is 3.16. The molecule has 0 aliphatic heterocycles. The lowest BCUT2D eigenvalue weighted by molar-refractivity contribution is -0.870. The van der Waals surface area contributed by atoms with E-state index in [1.54, 1.807) is 6.08 Å². The summed E-state index contributed by atoms with van der Waals surface area (Å²) < 4.78 is 23.1. The first-order valence-corrected chi connectivity index (χ1v) is 25.3. The molecule has 0 spiro atoms. The molecule has 336 valence electrons. The van der Waals surface area contributed by atoms with Gasteiger partial charge in [0.05, 0.1) is 39.9 Å². The molecule has 0 aliphatic carbocycles. The second-order valence-electron chi connectivity index (χ2n) is 17.5. The van der Waals surface area contributed by atoms with E-state index in [1.807, 2.05) is 40.2 Å². The zero-order valence-corrected chi connectivity index (χ0v) is 38.9. The topological polar surface area (TPSA) is 108 Å². The maximum Gasteiger partial charge on any atom is 0.268 e. The summed E-state index contributed by atoms with van der Waals surface area (Å²) in [4.78, 5) is 25.2. The minimum absolute atomic E-state index is 0.00831. The lowest BCUT2D eigenvalue weighted by Gasteiger charge is -2.29. The summed E-state index contributed by atoms with van der Waals surface area (Å²) in [6.45, 7) is 4.39. The highest BCUT2D eigenvalue weighted by Crippen LogP contribution is 2.38. The van der Waals surface area contributed by atoms with E-state index in [-0.39, 0.29) is 12.5 Å². The summed E-state index contributed by atoms with van der Waals surface area (Å²) in [7, 11) is 1.24. The van der Waals surface area contributed by atoms with Gasteiger partial charge in [-0.05, 0) is 39.0 Å². The molecule has 1 amide bonds. The van der Waals surface area contributed by atoms with Gasteiger partial charge in [0.1, 0.15) is 13.2 Å². The monoisotopic (exact) mass is 825 g/mol. The molecule has 0 fully saturated rings. The van der Waals surface area contributed by atoms with Crippen LogP contribution < -0.4 is 10.2 Å². The Morgan fingerprint density at radius 2 is 1.02 bits per heavy atom. The summed E-state index contributed by atoms with van der Waals surface area (Å²) in [6, 6.07) is -0.904. The number of nitrogens with one attached hydrogen (secondary N) is 1. The van der Waals surface area contributed by atoms with Crippen molar-refractivity contribution in [2.75, 3.05) is 40.9 Å². The molecule has 8 nitrogen and oxygen atoms in total. The Balaban J connectivity index is 4.08. The van der Waals surface area contributed by atoms with Crippen LogP contribution >= 0.6 is 7.82 Å². The number of allylic oxidation sites excluding steroid dienone is 5. The zero-order chi connectivity index (χ0) is 42.1. The van der Waals surface area contributed by atoms with Gasteiger partial charge in [-0.3, -0.25) is 9.36 Å². The summed E-state index contributed by atoms with van der Waals surface area (Å²) in [5.74, 6) is -0.212. The first-order chi connectivity index (χ1) is 27.5. The Labute approximate surface area is 353 Å². The van der Waals surface area contributed by atoms with Gasteiger partial charge in [0.15, 0.2) is 0 Å². The van der Waals surface area contributed by atoms with Gasteiger partial charge in [-0.15, -0.1) is 0 Å². The SMILES string of the molecule is C/C=C/CC/C=C/CC/C=C/C(O)C(COP(=O)([O-])OCC[N+](C)(C)C)NC(=O)CCCCCCCCCCCCCCCCCCCCCCCCCCCC. The molecule has 0 aliphatic rings. The summed E-state index contributed by atoms with van der Waals surface area (Å²) >= 11 is 0. The Bertz CT molecular complexity index is 1030. The van der Waals surface area contributed by atoms with E-state index in [0.29, 0.717) is 17.4 Å². The fraction of sp³-hybridized carbons (Fsp3) is 0.854. The van der Waals surface area contributed by atoms with E-state index < -0.39 is 26.6 Å². The number of amides is 1. The number of phosphoric ester groups is 1. The number of hydrogen-bond acceptors (Lipinski definition) is 6. The Kier molecular flexibility index (Phi) is 39.2. The van der Waals surface area contributed by atoms with Gasteiger partial charge in [0, 0.05) is 6.42 Å². The molecule has 0 aromatic carbocycles. The maximum absolute atomic E-state index is 12.8. The van der Waals surface area contributed by atoms with Crippen molar-refractivity contribution in [3.8, 4) is 0 Å². The number of aliphatic hydroxyl groups is 1. The molecule has 0 saturated heterocycles. The van der Waals surface area contributed by atoms with Crippen molar-refractivity contribution in [3.05, 3.63) is 36.5 Å². The number of likely N-dealkylation sites (N-methyl/N-ethyl adjacent to an activating group) is 1. The predicted octanol–water partition coefficient (Wildman–Crippen LogP) is 12.8. The third-order valence-electron chi connectivity index (χ3n) is 10.7. The largest absolute Gasteiger partial charge is 0.756 e. The number of hydrogen-bond donors (Lipinski definition) is 2. The first kappa shape index (κ1) is 55.7. The number of carbonyl (C=O) groups is 1. The van der Waals surface area contributed by atoms with Gasteiger partial charge in [-0.25, -0.2) is 0 Å². The highest BCUT2D eigenvalue weighted by atomic mass is 31.2. The molecule has 0 rings (SSSR count). The minimum atomic E-state index is -4.59. The van der Waals surface area contributed by atoms with Crippen LogP contribution in [0.5, 0.6) is 0 Å². The van der Waals surface area contributed by atoms with Gasteiger partial charge in [0.2, 0.25) is 5.91 Å². The van der Waals surface area contributed by atoms with Crippen molar-refractivity contribution in [2.24, 2.45) is 0 Å². The fourth-order valence-corrected chi connectivity index (χ4v) is 7.62. The number of quaternary nitrogens is 1. The lowest BCUT2D eigenvalue weighted by atomic mass is 10.0. The molecule has 57 heavy (non-hydrogen) atoms. The van der Waals surface area contributed by atoms with Gasteiger partial charge in [-0.2, -0.15) is 0 Å². The van der Waals surface area contributed by atoms with Crippen molar-refractivity contribution in [1.29, 1.82) is 0 Å². The average molecular weight is 825 g/mol. The van der Waals surface area contributed by atoms with Crippen molar-refractivity contribution in [2.45, 2.75) is 225 Å². The molecule has 0 bridgehead atoms. The van der Waals surface area contributed by atoms with Crippen LogP contribution in [-0.2, 0) is 18.4 Å². The van der Waals surface area contributed by atoms with Crippen molar-refractivity contribution < 1.29 is 32.9 Å². The maximum atomic E-state index is 12.8. The standard InChI is InChI=1S/C48H93N2O6P/c1-6-8-10-12-14-16-17-18-19-20-21-22-23-24-25-26-27-28-29-30-31-32-34-36-38-40-42-48(52)49-46(45-56-57(53,54)55-44-43-50(3,4)5)47(51)41-39-37-35-33-15-13-11-9-7-2/h7,9,15,33,39,41,46-47,51H,6,8,10-14,16-32,34-38,40,42-45H2,1-5H3,(H-,49,52,53,54)/b9-7+,33-15+,41-39+. The van der Waals surface area contributed by atoms with Crippen LogP contribution in [0.4, 0.5) is 0 Å². The predicted molar refractivity (Wildman–Crippen MR) is 242 cm³/mol. The number of rotatable bonds is 43. The van der Waals surface area contributed by atoms with Crippen molar-refractivity contribution in [3.63, 3.8) is 0 Å². The third kappa shape index (κ3) is 42.6. The van der Waals surface area contributed by atoms with Crippen LogP contribution in [0, 0.1) is 0 Å². The zero-order valence-electron chi connectivity index (χ0n) is 38.0. The van der Waals surface area contributed by atoms with Crippen LogP contribution in [0.15, 0.2) is 36.5 Å². The number of carbonyl (C=O) groups excluding carboxylic acids is 1. The third-order valence-corrected chi connectivity index (χ3v) is 11.6. The molecular formula is C48H93N2O6P. The van der Waals surface area contributed by atoms with Crippen molar-refractivity contribution in [1.82, 2.24) is 5.32 Å². The normalized spacial score (nSPS) is 14.6. The van der Waals surface area contributed by atoms with Gasteiger partial charge in [0.25, 0.3) is 7.82 Å². The van der Waals surface area contributed by atoms with Crippen LogP contribution in [0.25, 0.3) is 0 Å². The highest BCUT2D eigenvalue weighted by molar-refractivity contribution is 7.45. The molecule has 0 aromatic heterocycles. The van der Waals surface area contributed by atoms with Gasteiger partial charge >= 0.3 is 0 Å². The molecule has 2 N–H and O–H groups in total. The van der Waals surface area contributed by atoms with E-state index in [1.165, 1.54) is 148 Å². The van der Waals surface area contributed by atoms with E-state index in [2.05, 4.69) is 30.5 Å². The lowest BCUT2D eigenvalue weighted by Crippen LogP contribution is -2.45. The molecular weight excluding hydrogens is 732 g/mol.